The first-order chi connectivity index (χ1) is 8.77. The Labute approximate surface area is 134 Å². The predicted octanol–water partition coefficient (Wildman–Crippen LogP) is 0.809. The molecule has 0 aliphatic carbocycles. The van der Waals surface area contributed by atoms with Gasteiger partial charge in [0.25, 0.3) is 0 Å². The summed E-state index contributed by atoms with van der Waals surface area (Å²) in [5.41, 5.74) is 0. The molecular formula is C13H27Cl2N3O2. The summed E-state index contributed by atoms with van der Waals surface area (Å²) in [7, 11) is 0. The van der Waals surface area contributed by atoms with E-state index in [4.69, 9.17) is 4.74 Å². The fourth-order valence-electron chi connectivity index (χ4n) is 2.59. The molecule has 2 fully saturated rings. The second-order valence-electron chi connectivity index (χ2n) is 5.25. The van der Waals surface area contributed by atoms with Crippen LogP contribution in [0, 0.1) is 0 Å². The standard InChI is InChI=1S/C13H25N3O2.2ClH/c1-11(16-6-8-18-9-7-16)10-15-13(17)12-4-2-3-5-14-12;;/h11-12,14H,2-10H2,1H3,(H,15,17);2*1H. The Morgan fingerprint density at radius 2 is 2.05 bits per heavy atom. The number of carbonyl (C=O) groups excluding carboxylic acids is 1. The van der Waals surface area contributed by atoms with Crippen molar-refractivity contribution in [1.29, 1.82) is 0 Å². The molecule has 2 aliphatic heterocycles. The Kier molecular flexibility index (Phi) is 10.6. The van der Waals surface area contributed by atoms with Crippen LogP contribution in [0.3, 0.4) is 0 Å². The Balaban J connectivity index is 0.00000180. The monoisotopic (exact) mass is 327 g/mol. The molecule has 2 N–H and O–H groups in total. The van der Waals surface area contributed by atoms with Crippen molar-refractivity contribution in [3.63, 3.8) is 0 Å². The normalized spacial score (nSPS) is 24.9. The van der Waals surface area contributed by atoms with Crippen LogP contribution in [0.5, 0.6) is 0 Å². The van der Waals surface area contributed by atoms with E-state index in [2.05, 4.69) is 22.5 Å². The van der Waals surface area contributed by atoms with Gasteiger partial charge < -0.3 is 15.4 Å². The molecule has 120 valence electrons. The van der Waals surface area contributed by atoms with Crippen molar-refractivity contribution < 1.29 is 9.53 Å². The summed E-state index contributed by atoms with van der Waals surface area (Å²) in [4.78, 5) is 14.3. The van der Waals surface area contributed by atoms with Crippen LogP contribution in [0.25, 0.3) is 0 Å². The third kappa shape index (κ3) is 6.14. The van der Waals surface area contributed by atoms with Crippen molar-refractivity contribution >= 4 is 30.7 Å². The number of piperidine rings is 1. The zero-order valence-corrected chi connectivity index (χ0v) is 13.7. The third-order valence-corrected chi connectivity index (χ3v) is 3.87. The maximum atomic E-state index is 12.0. The van der Waals surface area contributed by atoms with Gasteiger partial charge in [-0.25, -0.2) is 0 Å². The molecule has 2 rings (SSSR count). The number of amides is 1. The fraction of sp³-hybridized carbons (Fsp3) is 0.923. The van der Waals surface area contributed by atoms with E-state index < -0.39 is 0 Å². The molecule has 20 heavy (non-hydrogen) atoms. The van der Waals surface area contributed by atoms with Crippen molar-refractivity contribution in [2.24, 2.45) is 0 Å². The van der Waals surface area contributed by atoms with Crippen molar-refractivity contribution in [3.8, 4) is 0 Å². The topological polar surface area (TPSA) is 53.6 Å². The fourth-order valence-corrected chi connectivity index (χ4v) is 2.59. The number of nitrogens with zero attached hydrogens (tertiary/aromatic N) is 1. The summed E-state index contributed by atoms with van der Waals surface area (Å²) in [5.74, 6) is 0.162. The van der Waals surface area contributed by atoms with E-state index in [0.717, 1.165) is 52.2 Å². The molecule has 5 nitrogen and oxygen atoms in total. The van der Waals surface area contributed by atoms with Crippen LogP contribution >= 0.6 is 24.8 Å². The number of carbonyl (C=O) groups is 1. The smallest absolute Gasteiger partial charge is 0.237 e. The van der Waals surface area contributed by atoms with Crippen LogP contribution in [0.2, 0.25) is 0 Å². The van der Waals surface area contributed by atoms with Crippen molar-refractivity contribution in [2.75, 3.05) is 39.4 Å². The van der Waals surface area contributed by atoms with Crippen molar-refractivity contribution in [2.45, 2.75) is 38.3 Å². The molecule has 2 unspecified atom stereocenters. The first-order valence-electron chi connectivity index (χ1n) is 7.10. The van der Waals surface area contributed by atoms with Crippen LogP contribution in [0.1, 0.15) is 26.2 Å². The van der Waals surface area contributed by atoms with Crippen LogP contribution < -0.4 is 10.6 Å². The second-order valence-corrected chi connectivity index (χ2v) is 5.25. The largest absolute Gasteiger partial charge is 0.379 e. The number of morpholine rings is 1. The van der Waals surface area contributed by atoms with Gasteiger partial charge in [0.1, 0.15) is 0 Å². The maximum Gasteiger partial charge on any atom is 0.237 e. The molecule has 2 atom stereocenters. The molecule has 1 amide bonds. The van der Waals surface area contributed by atoms with E-state index in [-0.39, 0.29) is 36.8 Å². The highest BCUT2D eigenvalue weighted by molar-refractivity contribution is 5.85. The molecule has 0 saturated carbocycles. The minimum absolute atomic E-state index is 0. The first kappa shape index (κ1) is 19.9. The van der Waals surface area contributed by atoms with Crippen LogP contribution in [-0.4, -0.2) is 62.3 Å². The van der Waals surface area contributed by atoms with Gasteiger partial charge in [0, 0.05) is 25.7 Å². The molecule has 2 heterocycles. The van der Waals surface area contributed by atoms with Gasteiger partial charge >= 0.3 is 0 Å². The molecule has 0 bridgehead atoms. The minimum atomic E-state index is 0. The lowest BCUT2D eigenvalue weighted by Crippen LogP contribution is -2.51. The lowest BCUT2D eigenvalue weighted by molar-refractivity contribution is -0.124. The van der Waals surface area contributed by atoms with E-state index in [0.29, 0.717) is 6.04 Å². The van der Waals surface area contributed by atoms with Crippen molar-refractivity contribution in [1.82, 2.24) is 15.5 Å². The highest BCUT2D eigenvalue weighted by atomic mass is 35.5. The Hall–Kier alpha value is -0.0700. The van der Waals surface area contributed by atoms with E-state index in [1.165, 1.54) is 6.42 Å². The average Bonchev–Trinajstić information content (AvgIpc) is 2.46. The first-order valence-corrected chi connectivity index (χ1v) is 7.10. The molecule has 0 spiro atoms. The molecule has 7 heteroatoms. The second kappa shape index (κ2) is 10.6. The molecule has 0 aromatic rings. The van der Waals surface area contributed by atoms with E-state index >= 15 is 0 Å². The molecule has 0 aromatic heterocycles. The summed E-state index contributed by atoms with van der Waals surface area (Å²) in [5, 5.41) is 6.34. The maximum absolute atomic E-state index is 12.0. The van der Waals surface area contributed by atoms with E-state index in [9.17, 15) is 4.79 Å². The van der Waals surface area contributed by atoms with Crippen LogP contribution in [0.4, 0.5) is 0 Å². The molecule has 0 aromatic carbocycles. The van der Waals surface area contributed by atoms with Gasteiger partial charge in [-0.1, -0.05) is 6.42 Å². The van der Waals surface area contributed by atoms with Gasteiger partial charge in [0.15, 0.2) is 0 Å². The number of nitrogens with one attached hydrogen (secondary N) is 2. The Morgan fingerprint density at radius 3 is 2.65 bits per heavy atom. The summed E-state index contributed by atoms with van der Waals surface area (Å²) in [6.07, 6.45) is 3.32. The number of rotatable bonds is 4. The summed E-state index contributed by atoms with van der Waals surface area (Å²) >= 11 is 0. The molecule has 2 saturated heterocycles. The van der Waals surface area contributed by atoms with Crippen LogP contribution in [-0.2, 0) is 9.53 Å². The molecular weight excluding hydrogens is 301 g/mol. The highest BCUT2D eigenvalue weighted by Crippen LogP contribution is 2.07. The van der Waals surface area contributed by atoms with Gasteiger partial charge in [-0.05, 0) is 26.3 Å². The molecule has 0 radical (unpaired) electrons. The van der Waals surface area contributed by atoms with Crippen LogP contribution in [0.15, 0.2) is 0 Å². The zero-order valence-electron chi connectivity index (χ0n) is 12.1. The lowest BCUT2D eigenvalue weighted by atomic mass is 10.0. The van der Waals surface area contributed by atoms with Gasteiger partial charge in [0.05, 0.1) is 19.3 Å². The highest BCUT2D eigenvalue weighted by Gasteiger charge is 2.22. The number of hydrogen-bond donors (Lipinski definition) is 2. The van der Waals surface area contributed by atoms with Gasteiger partial charge in [0.2, 0.25) is 5.91 Å². The van der Waals surface area contributed by atoms with Gasteiger partial charge in [-0.15, -0.1) is 24.8 Å². The van der Waals surface area contributed by atoms with E-state index in [1.807, 2.05) is 0 Å². The Morgan fingerprint density at radius 1 is 1.35 bits per heavy atom. The lowest BCUT2D eigenvalue weighted by Gasteiger charge is -2.32. The zero-order chi connectivity index (χ0) is 12.8. The summed E-state index contributed by atoms with van der Waals surface area (Å²) in [6.45, 7) is 7.43. The summed E-state index contributed by atoms with van der Waals surface area (Å²) < 4.78 is 5.33. The predicted molar refractivity (Wildman–Crippen MR) is 85.0 cm³/mol. The van der Waals surface area contributed by atoms with Gasteiger partial charge in [-0.2, -0.15) is 0 Å². The average molecular weight is 328 g/mol. The van der Waals surface area contributed by atoms with E-state index in [1.54, 1.807) is 0 Å². The SMILES string of the molecule is CC(CNC(=O)C1CCCCN1)N1CCOCC1.Cl.Cl. The number of hydrogen-bond acceptors (Lipinski definition) is 4. The third-order valence-electron chi connectivity index (χ3n) is 3.87. The molecule has 2 aliphatic rings. The Bertz CT molecular complexity index is 270. The number of halogens is 2. The number of ether oxygens (including phenoxy) is 1. The van der Waals surface area contributed by atoms with Crippen molar-refractivity contribution in [3.05, 3.63) is 0 Å². The quantitative estimate of drug-likeness (QED) is 0.802. The summed E-state index contributed by atoms with van der Waals surface area (Å²) in [6, 6.07) is 0.414. The minimum Gasteiger partial charge on any atom is -0.379 e. The van der Waals surface area contributed by atoms with Gasteiger partial charge in [-0.3, -0.25) is 9.69 Å².